The maximum absolute atomic E-state index is 12.8. The predicted octanol–water partition coefficient (Wildman–Crippen LogP) is 3.77. The first-order valence-corrected chi connectivity index (χ1v) is 9.08. The fourth-order valence-electron chi connectivity index (χ4n) is 2.90. The molecule has 3 rings (SSSR count). The number of hydrogen-bond donors (Lipinski definition) is 2. The highest BCUT2D eigenvalue weighted by Crippen LogP contribution is 2.21. The topological polar surface area (TPSA) is 71.2 Å². The zero-order valence-electron chi connectivity index (χ0n) is 15.8. The molecule has 0 aliphatic rings. The van der Waals surface area contributed by atoms with E-state index in [1.54, 1.807) is 19.9 Å². The van der Waals surface area contributed by atoms with E-state index in [1.807, 2.05) is 55.6 Å². The maximum atomic E-state index is 12.8. The summed E-state index contributed by atoms with van der Waals surface area (Å²) >= 11 is 0. The third-order valence-corrected chi connectivity index (χ3v) is 4.53. The summed E-state index contributed by atoms with van der Waals surface area (Å²) in [5.41, 5.74) is 2.82. The van der Waals surface area contributed by atoms with Crippen LogP contribution in [0.25, 0.3) is 10.9 Å². The monoisotopic (exact) mass is 364 g/mol. The molecule has 5 nitrogen and oxygen atoms in total. The SMILES string of the molecule is Cc1ccccc1OC(=O)C(Cc1c[nH]c2ccccc12)NC(=O)C(C)C. The minimum atomic E-state index is -0.765. The molecule has 1 aromatic heterocycles. The van der Waals surface area contributed by atoms with Gasteiger partial charge in [-0.05, 0) is 30.2 Å². The summed E-state index contributed by atoms with van der Waals surface area (Å²) in [6, 6.07) is 14.4. The molecule has 3 aromatic rings. The molecule has 0 fully saturated rings. The number of para-hydroxylation sites is 2. The van der Waals surface area contributed by atoms with Crippen molar-refractivity contribution < 1.29 is 14.3 Å². The van der Waals surface area contributed by atoms with Crippen LogP contribution in [0.5, 0.6) is 5.75 Å². The highest BCUT2D eigenvalue weighted by atomic mass is 16.5. The molecule has 1 unspecified atom stereocenters. The van der Waals surface area contributed by atoms with Gasteiger partial charge in [-0.3, -0.25) is 4.79 Å². The van der Waals surface area contributed by atoms with E-state index in [2.05, 4.69) is 10.3 Å². The van der Waals surface area contributed by atoms with Crippen LogP contribution in [0.15, 0.2) is 54.7 Å². The van der Waals surface area contributed by atoms with E-state index < -0.39 is 12.0 Å². The first-order chi connectivity index (χ1) is 13.0. The molecular weight excluding hydrogens is 340 g/mol. The van der Waals surface area contributed by atoms with E-state index in [0.717, 1.165) is 22.0 Å². The normalized spacial score (nSPS) is 12.1. The number of H-pyrrole nitrogens is 1. The molecule has 2 N–H and O–H groups in total. The summed E-state index contributed by atoms with van der Waals surface area (Å²) in [5, 5.41) is 3.86. The summed E-state index contributed by atoms with van der Waals surface area (Å²) in [4.78, 5) is 28.3. The fourth-order valence-corrected chi connectivity index (χ4v) is 2.90. The number of hydrogen-bond acceptors (Lipinski definition) is 3. The summed E-state index contributed by atoms with van der Waals surface area (Å²) < 4.78 is 5.58. The van der Waals surface area contributed by atoms with Crippen LogP contribution in [0, 0.1) is 12.8 Å². The number of nitrogens with one attached hydrogen (secondary N) is 2. The number of aromatic amines is 1. The first-order valence-electron chi connectivity index (χ1n) is 9.08. The van der Waals surface area contributed by atoms with Crippen LogP contribution in [-0.4, -0.2) is 22.9 Å². The summed E-state index contributed by atoms with van der Waals surface area (Å²) in [6.07, 6.45) is 2.23. The molecule has 0 aliphatic carbocycles. The smallest absolute Gasteiger partial charge is 0.334 e. The van der Waals surface area contributed by atoms with E-state index in [1.165, 1.54) is 0 Å². The van der Waals surface area contributed by atoms with Crippen molar-refractivity contribution in [1.82, 2.24) is 10.3 Å². The lowest BCUT2D eigenvalue weighted by Gasteiger charge is -2.19. The Hall–Kier alpha value is -3.08. The van der Waals surface area contributed by atoms with Crippen molar-refractivity contribution >= 4 is 22.8 Å². The quantitative estimate of drug-likeness (QED) is 0.517. The van der Waals surface area contributed by atoms with Gasteiger partial charge in [0.1, 0.15) is 11.8 Å². The Kier molecular flexibility index (Phi) is 5.60. The number of carbonyl (C=O) groups is 2. The molecule has 27 heavy (non-hydrogen) atoms. The standard InChI is InChI=1S/C22H24N2O3/c1-14(2)21(25)24-19(22(26)27-20-11-7-4-8-15(20)3)12-16-13-23-18-10-6-5-9-17(16)18/h4-11,13-14,19,23H,12H2,1-3H3,(H,24,25). The molecular formula is C22H24N2O3. The summed E-state index contributed by atoms with van der Waals surface area (Å²) in [6.45, 7) is 5.47. The molecule has 0 spiro atoms. The molecule has 1 amide bonds. The van der Waals surface area contributed by atoms with Gasteiger partial charge in [0, 0.05) is 29.4 Å². The van der Waals surface area contributed by atoms with E-state index in [-0.39, 0.29) is 11.8 Å². The van der Waals surface area contributed by atoms with Crippen molar-refractivity contribution in [2.75, 3.05) is 0 Å². The van der Waals surface area contributed by atoms with Crippen molar-refractivity contribution in [3.8, 4) is 5.75 Å². The van der Waals surface area contributed by atoms with Gasteiger partial charge < -0.3 is 15.0 Å². The van der Waals surface area contributed by atoms with E-state index >= 15 is 0 Å². The van der Waals surface area contributed by atoms with Gasteiger partial charge in [0.05, 0.1) is 0 Å². The van der Waals surface area contributed by atoms with Crippen LogP contribution in [-0.2, 0) is 16.0 Å². The first kappa shape index (κ1) is 18.7. The van der Waals surface area contributed by atoms with E-state index in [0.29, 0.717) is 12.2 Å². The van der Waals surface area contributed by atoms with Crippen molar-refractivity contribution in [2.24, 2.45) is 5.92 Å². The van der Waals surface area contributed by atoms with Gasteiger partial charge in [-0.15, -0.1) is 0 Å². The zero-order valence-corrected chi connectivity index (χ0v) is 15.8. The average Bonchev–Trinajstić information content (AvgIpc) is 3.06. The van der Waals surface area contributed by atoms with Gasteiger partial charge in [0.25, 0.3) is 0 Å². The molecule has 0 saturated carbocycles. The number of amides is 1. The van der Waals surface area contributed by atoms with Crippen LogP contribution >= 0.6 is 0 Å². The Morgan fingerprint density at radius 3 is 2.52 bits per heavy atom. The van der Waals surface area contributed by atoms with Crippen molar-refractivity contribution in [1.29, 1.82) is 0 Å². The van der Waals surface area contributed by atoms with Crippen LogP contribution < -0.4 is 10.1 Å². The molecule has 5 heteroatoms. The third-order valence-electron chi connectivity index (χ3n) is 4.53. The summed E-state index contributed by atoms with van der Waals surface area (Å²) in [7, 11) is 0. The number of benzene rings is 2. The molecule has 1 atom stereocenters. The number of carbonyl (C=O) groups excluding carboxylic acids is 2. The van der Waals surface area contributed by atoms with Crippen LogP contribution in [0.2, 0.25) is 0 Å². The zero-order chi connectivity index (χ0) is 19.4. The molecule has 140 valence electrons. The molecule has 0 bridgehead atoms. The molecule has 0 radical (unpaired) electrons. The lowest BCUT2D eigenvalue weighted by atomic mass is 10.0. The number of rotatable bonds is 6. The van der Waals surface area contributed by atoms with E-state index in [9.17, 15) is 9.59 Å². The van der Waals surface area contributed by atoms with Crippen molar-refractivity contribution in [2.45, 2.75) is 33.2 Å². The number of ether oxygens (including phenoxy) is 1. The van der Waals surface area contributed by atoms with Gasteiger partial charge in [-0.25, -0.2) is 4.79 Å². The Labute approximate surface area is 158 Å². The van der Waals surface area contributed by atoms with Gasteiger partial charge >= 0.3 is 5.97 Å². The van der Waals surface area contributed by atoms with E-state index in [4.69, 9.17) is 4.74 Å². The second kappa shape index (κ2) is 8.08. The Balaban J connectivity index is 1.85. The second-order valence-electron chi connectivity index (χ2n) is 6.97. The lowest BCUT2D eigenvalue weighted by Crippen LogP contribution is -2.46. The second-order valence-corrected chi connectivity index (χ2v) is 6.97. The molecule has 1 heterocycles. The molecule has 0 aliphatic heterocycles. The number of esters is 1. The molecule has 0 saturated heterocycles. The maximum Gasteiger partial charge on any atom is 0.334 e. The minimum Gasteiger partial charge on any atom is -0.425 e. The number of fused-ring (bicyclic) bond motifs is 1. The number of aryl methyl sites for hydroxylation is 1. The highest BCUT2D eigenvalue weighted by molar-refractivity contribution is 5.88. The van der Waals surface area contributed by atoms with Crippen LogP contribution in [0.4, 0.5) is 0 Å². The van der Waals surface area contributed by atoms with Crippen LogP contribution in [0.3, 0.4) is 0 Å². The minimum absolute atomic E-state index is 0.179. The van der Waals surface area contributed by atoms with Crippen molar-refractivity contribution in [3.63, 3.8) is 0 Å². The van der Waals surface area contributed by atoms with Gasteiger partial charge in [0.15, 0.2) is 0 Å². The third kappa shape index (κ3) is 4.37. The predicted molar refractivity (Wildman–Crippen MR) is 106 cm³/mol. The highest BCUT2D eigenvalue weighted by Gasteiger charge is 2.26. The Morgan fingerprint density at radius 2 is 1.78 bits per heavy atom. The largest absolute Gasteiger partial charge is 0.425 e. The number of aromatic nitrogens is 1. The van der Waals surface area contributed by atoms with Gasteiger partial charge in [-0.1, -0.05) is 50.2 Å². The molecule has 2 aromatic carbocycles. The lowest BCUT2D eigenvalue weighted by molar-refractivity contribution is -0.140. The van der Waals surface area contributed by atoms with Gasteiger partial charge in [0.2, 0.25) is 5.91 Å². The Bertz CT molecular complexity index is 959. The average molecular weight is 364 g/mol. The van der Waals surface area contributed by atoms with Gasteiger partial charge in [-0.2, -0.15) is 0 Å². The van der Waals surface area contributed by atoms with Crippen molar-refractivity contribution in [3.05, 3.63) is 65.9 Å². The Morgan fingerprint density at radius 1 is 1.07 bits per heavy atom. The fraction of sp³-hybridized carbons (Fsp3) is 0.273. The van der Waals surface area contributed by atoms with Crippen LogP contribution in [0.1, 0.15) is 25.0 Å². The summed E-state index contributed by atoms with van der Waals surface area (Å²) in [5.74, 6) is -0.364.